The Hall–Kier alpha value is -0.820. The smallest absolute Gasteiger partial charge is 0.0615 e. The molecule has 0 aromatic rings. The molecule has 94 valence electrons. The standard InChI is InChI=1S/C9H14O.C6H14/c1-3-6-9(2)7-4-5-8-10;1-4-5-6(2)3/h3-7,10H,8H2,1-2H3;6H,4-5H2,1-3H3/b5-4+,6-3-,9-7-;. The van der Waals surface area contributed by atoms with Crippen LogP contribution in [-0.4, -0.2) is 11.7 Å². The number of hydrogen-bond acceptors (Lipinski definition) is 1. The lowest BCUT2D eigenvalue weighted by Crippen LogP contribution is -1.81. The van der Waals surface area contributed by atoms with Crippen LogP contribution < -0.4 is 0 Å². The van der Waals surface area contributed by atoms with Crippen molar-refractivity contribution in [2.75, 3.05) is 6.61 Å². The highest BCUT2D eigenvalue weighted by atomic mass is 16.2. The van der Waals surface area contributed by atoms with E-state index in [-0.39, 0.29) is 6.61 Å². The van der Waals surface area contributed by atoms with E-state index in [0.29, 0.717) is 0 Å². The Kier molecular flexibility index (Phi) is 15.6. The summed E-state index contributed by atoms with van der Waals surface area (Å²) >= 11 is 0. The summed E-state index contributed by atoms with van der Waals surface area (Å²) in [5.41, 5.74) is 1.19. The average Bonchev–Trinajstić information content (AvgIpc) is 2.19. The molecule has 0 aromatic heterocycles. The molecule has 0 aliphatic heterocycles. The molecule has 0 saturated carbocycles. The van der Waals surface area contributed by atoms with Crippen LogP contribution in [0.25, 0.3) is 0 Å². The van der Waals surface area contributed by atoms with Crippen molar-refractivity contribution < 1.29 is 5.11 Å². The van der Waals surface area contributed by atoms with Gasteiger partial charge in [0.1, 0.15) is 0 Å². The minimum atomic E-state index is 0.111. The molecule has 0 atom stereocenters. The maximum atomic E-state index is 8.37. The van der Waals surface area contributed by atoms with Crippen molar-refractivity contribution in [3.8, 4) is 0 Å². The highest BCUT2D eigenvalue weighted by molar-refractivity contribution is 5.20. The second-order valence-electron chi connectivity index (χ2n) is 4.20. The molecule has 1 heteroatoms. The topological polar surface area (TPSA) is 20.2 Å². The number of rotatable bonds is 5. The molecule has 0 aromatic carbocycles. The summed E-state index contributed by atoms with van der Waals surface area (Å²) in [7, 11) is 0. The molecule has 0 amide bonds. The third-order valence-corrected chi connectivity index (χ3v) is 1.90. The largest absolute Gasteiger partial charge is 0.392 e. The second kappa shape index (κ2) is 14.2. The fraction of sp³-hybridized carbons (Fsp3) is 0.600. The summed E-state index contributed by atoms with van der Waals surface area (Å²) in [4.78, 5) is 0. The van der Waals surface area contributed by atoms with Crippen LogP contribution in [0, 0.1) is 5.92 Å². The Morgan fingerprint density at radius 2 is 1.94 bits per heavy atom. The third kappa shape index (κ3) is 18.9. The van der Waals surface area contributed by atoms with Crippen molar-refractivity contribution in [2.24, 2.45) is 5.92 Å². The molecule has 0 unspecified atom stereocenters. The molecule has 0 fully saturated rings. The highest BCUT2D eigenvalue weighted by Gasteiger charge is 1.85. The summed E-state index contributed by atoms with van der Waals surface area (Å²) in [6.45, 7) is 10.8. The highest BCUT2D eigenvalue weighted by Crippen LogP contribution is 2.00. The SMILES string of the molecule is CCCC(C)C.C\C=C/C(C)=C\C=C\CO. The van der Waals surface area contributed by atoms with E-state index in [1.54, 1.807) is 6.08 Å². The zero-order chi connectivity index (χ0) is 12.8. The Morgan fingerprint density at radius 3 is 2.25 bits per heavy atom. The van der Waals surface area contributed by atoms with E-state index in [1.807, 2.05) is 38.2 Å². The van der Waals surface area contributed by atoms with Crippen LogP contribution in [0.15, 0.2) is 36.0 Å². The van der Waals surface area contributed by atoms with Gasteiger partial charge in [0, 0.05) is 0 Å². The van der Waals surface area contributed by atoms with Gasteiger partial charge in [-0.2, -0.15) is 0 Å². The van der Waals surface area contributed by atoms with Gasteiger partial charge in [-0.15, -0.1) is 0 Å². The molecule has 0 saturated heterocycles. The Morgan fingerprint density at radius 1 is 1.31 bits per heavy atom. The molecule has 0 aliphatic carbocycles. The van der Waals surface area contributed by atoms with Gasteiger partial charge in [-0.05, 0) is 19.8 Å². The van der Waals surface area contributed by atoms with Crippen molar-refractivity contribution in [3.63, 3.8) is 0 Å². The molecule has 0 aliphatic rings. The van der Waals surface area contributed by atoms with Crippen LogP contribution in [0.5, 0.6) is 0 Å². The Bertz CT molecular complexity index is 209. The first-order chi connectivity index (χ1) is 7.58. The summed E-state index contributed by atoms with van der Waals surface area (Å²) in [6, 6.07) is 0. The lowest BCUT2D eigenvalue weighted by Gasteiger charge is -1.95. The monoisotopic (exact) mass is 224 g/mol. The van der Waals surface area contributed by atoms with Gasteiger partial charge >= 0.3 is 0 Å². The van der Waals surface area contributed by atoms with Gasteiger partial charge in [0.15, 0.2) is 0 Å². The van der Waals surface area contributed by atoms with Crippen molar-refractivity contribution in [1.82, 2.24) is 0 Å². The van der Waals surface area contributed by atoms with Crippen LogP contribution in [0.4, 0.5) is 0 Å². The fourth-order valence-corrected chi connectivity index (χ4v) is 1.18. The first-order valence-corrected chi connectivity index (χ1v) is 6.15. The molecule has 0 radical (unpaired) electrons. The first kappa shape index (κ1) is 17.6. The number of hydrogen-bond donors (Lipinski definition) is 1. The normalized spacial score (nSPS) is 12.3. The van der Waals surface area contributed by atoms with Gasteiger partial charge in [-0.1, -0.05) is 69.6 Å². The fourth-order valence-electron chi connectivity index (χ4n) is 1.18. The minimum absolute atomic E-state index is 0.111. The van der Waals surface area contributed by atoms with E-state index in [9.17, 15) is 0 Å². The van der Waals surface area contributed by atoms with Crippen LogP contribution >= 0.6 is 0 Å². The molecule has 1 N–H and O–H groups in total. The van der Waals surface area contributed by atoms with Gasteiger partial charge in [0.05, 0.1) is 6.61 Å². The van der Waals surface area contributed by atoms with Gasteiger partial charge in [0.25, 0.3) is 0 Å². The number of aliphatic hydroxyl groups is 1. The zero-order valence-electron chi connectivity index (χ0n) is 11.5. The predicted molar refractivity (Wildman–Crippen MR) is 74.5 cm³/mol. The predicted octanol–water partition coefficient (Wildman–Crippen LogP) is 4.50. The average molecular weight is 224 g/mol. The lowest BCUT2D eigenvalue weighted by molar-refractivity contribution is 0.343. The number of aliphatic hydroxyl groups excluding tert-OH is 1. The van der Waals surface area contributed by atoms with Crippen molar-refractivity contribution >= 4 is 0 Å². The van der Waals surface area contributed by atoms with Crippen LogP contribution in [0.2, 0.25) is 0 Å². The van der Waals surface area contributed by atoms with Gasteiger partial charge in [-0.25, -0.2) is 0 Å². The van der Waals surface area contributed by atoms with Crippen LogP contribution in [0.1, 0.15) is 47.5 Å². The maximum Gasteiger partial charge on any atom is 0.0615 e. The Balaban J connectivity index is 0. The maximum absolute atomic E-state index is 8.37. The minimum Gasteiger partial charge on any atom is -0.392 e. The van der Waals surface area contributed by atoms with Crippen LogP contribution in [0.3, 0.4) is 0 Å². The van der Waals surface area contributed by atoms with E-state index in [0.717, 1.165) is 5.92 Å². The molecular formula is C15H28O. The summed E-state index contributed by atoms with van der Waals surface area (Å²) < 4.78 is 0. The van der Waals surface area contributed by atoms with E-state index in [2.05, 4.69) is 20.8 Å². The lowest BCUT2D eigenvalue weighted by atomic mass is 10.1. The summed E-state index contributed by atoms with van der Waals surface area (Å²) in [5.74, 6) is 0.898. The molecule has 0 bridgehead atoms. The van der Waals surface area contributed by atoms with Gasteiger partial charge in [0.2, 0.25) is 0 Å². The zero-order valence-corrected chi connectivity index (χ0v) is 11.5. The van der Waals surface area contributed by atoms with Crippen LogP contribution in [-0.2, 0) is 0 Å². The third-order valence-electron chi connectivity index (χ3n) is 1.90. The quantitative estimate of drug-likeness (QED) is 0.682. The molecule has 0 heterocycles. The van der Waals surface area contributed by atoms with E-state index in [1.165, 1.54) is 18.4 Å². The summed E-state index contributed by atoms with van der Waals surface area (Å²) in [6.07, 6.45) is 12.2. The van der Waals surface area contributed by atoms with Gasteiger partial charge < -0.3 is 5.11 Å². The molecule has 0 spiro atoms. The molecule has 16 heavy (non-hydrogen) atoms. The van der Waals surface area contributed by atoms with Crippen molar-refractivity contribution in [2.45, 2.75) is 47.5 Å². The summed E-state index contributed by atoms with van der Waals surface area (Å²) in [5, 5.41) is 8.37. The molecular weight excluding hydrogens is 196 g/mol. The van der Waals surface area contributed by atoms with Gasteiger partial charge in [-0.3, -0.25) is 0 Å². The Labute approximate surface area is 102 Å². The molecule has 0 rings (SSSR count). The molecule has 1 nitrogen and oxygen atoms in total. The first-order valence-electron chi connectivity index (χ1n) is 6.15. The van der Waals surface area contributed by atoms with E-state index in [4.69, 9.17) is 5.11 Å². The van der Waals surface area contributed by atoms with E-state index < -0.39 is 0 Å². The van der Waals surface area contributed by atoms with Crippen molar-refractivity contribution in [1.29, 1.82) is 0 Å². The second-order valence-corrected chi connectivity index (χ2v) is 4.20. The number of allylic oxidation sites excluding steroid dienone is 5. The van der Waals surface area contributed by atoms with Crippen molar-refractivity contribution in [3.05, 3.63) is 36.0 Å². The van der Waals surface area contributed by atoms with E-state index >= 15 is 0 Å².